The van der Waals surface area contributed by atoms with Gasteiger partial charge in [0, 0.05) is 30.3 Å². The Morgan fingerprint density at radius 3 is 2.32 bits per heavy atom. The highest BCUT2D eigenvalue weighted by Crippen LogP contribution is 2.30. The van der Waals surface area contributed by atoms with Crippen molar-refractivity contribution < 1.29 is 22.5 Å². The van der Waals surface area contributed by atoms with E-state index in [0.717, 1.165) is 22.3 Å². The quantitative estimate of drug-likeness (QED) is 0.410. The van der Waals surface area contributed by atoms with Gasteiger partial charge in [0.15, 0.2) is 16.4 Å². The van der Waals surface area contributed by atoms with Gasteiger partial charge in [-0.25, -0.2) is 8.42 Å². The number of carbonyl (C=O) groups is 2. The molecule has 0 atom stereocenters. The van der Waals surface area contributed by atoms with Crippen LogP contribution in [0.3, 0.4) is 0 Å². The fraction of sp³-hybridized carbons (Fsp3) is 0.345. The summed E-state index contributed by atoms with van der Waals surface area (Å²) < 4.78 is 34.0. The van der Waals surface area contributed by atoms with Gasteiger partial charge in [-0.3, -0.25) is 9.59 Å². The van der Waals surface area contributed by atoms with Crippen LogP contribution in [0, 0.1) is 33.6 Å². The van der Waals surface area contributed by atoms with Gasteiger partial charge >= 0.3 is 0 Å². The molecule has 1 fully saturated rings. The maximum absolute atomic E-state index is 13.6. The van der Waals surface area contributed by atoms with Crippen LogP contribution in [0.2, 0.25) is 0 Å². The summed E-state index contributed by atoms with van der Waals surface area (Å²) in [5.74, 6) is -0.414. The van der Waals surface area contributed by atoms with Crippen molar-refractivity contribution in [3.63, 3.8) is 0 Å². The lowest BCUT2D eigenvalue weighted by molar-refractivity contribution is -0.120. The molecule has 9 heteroatoms. The SMILES string of the molecule is CC(=O)c1cccc(NC(=O)C2CCN(S(=O)(=O)c3c(C)noc3/C=C/c3c(C)cc(C)cc3C)CC2)c1. The fourth-order valence-electron chi connectivity index (χ4n) is 4.96. The van der Waals surface area contributed by atoms with E-state index in [-0.39, 0.29) is 41.4 Å². The van der Waals surface area contributed by atoms with Crippen molar-refractivity contribution in [2.45, 2.75) is 52.4 Å². The number of nitrogens with one attached hydrogen (secondary N) is 1. The van der Waals surface area contributed by atoms with Crippen molar-refractivity contribution in [2.24, 2.45) is 5.92 Å². The summed E-state index contributed by atoms with van der Waals surface area (Å²) >= 11 is 0. The molecule has 0 saturated carbocycles. The first-order valence-electron chi connectivity index (χ1n) is 12.6. The van der Waals surface area contributed by atoms with Gasteiger partial charge in [0.05, 0.1) is 0 Å². The highest BCUT2D eigenvalue weighted by Gasteiger charge is 2.36. The van der Waals surface area contributed by atoms with Crippen molar-refractivity contribution in [2.75, 3.05) is 18.4 Å². The Morgan fingerprint density at radius 1 is 1.03 bits per heavy atom. The number of nitrogens with zero attached hydrogens (tertiary/aromatic N) is 2. The Bertz CT molecular complexity index is 1490. The van der Waals surface area contributed by atoms with Gasteiger partial charge in [0.2, 0.25) is 15.9 Å². The summed E-state index contributed by atoms with van der Waals surface area (Å²) in [6, 6.07) is 10.9. The zero-order chi connectivity index (χ0) is 27.6. The number of ketones is 1. The highest BCUT2D eigenvalue weighted by atomic mass is 32.2. The third-order valence-electron chi connectivity index (χ3n) is 6.93. The maximum atomic E-state index is 13.6. The lowest BCUT2D eigenvalue weighted by Gasteiger charge is -2.30. The fourth-order valence-corrected chi connectivity index (χ4v) is 6.68. The number of Topliss-reactive ketones (excluding diaryl/α,β-unsaturated/α-hetero) is 1. The van der Waals surface area contributed by atoms with E-state index in [1.807, 2.05) is 26.8 Å². The third-order valence-corrected chi connectivity index (χ3v) is 8.99. The number of sulfonamides is 1. The molecule has 8 nitrogen and oxygen atoms in total. The van der Waals surface area contributed by atoms with E-state index in [9.17, 15) is 18.0 Å². The third kappa shape index (κ3) is 5.79. The molecule has 2 heterocycles. The van der Waals surface area contributed by atoms with Gasteiger partial charge in [-0.05, 0) is 82.4 Å². The molecule has 38 heavy (non-hydrogen) atoms. The largest absolute Gasteiger partial charge is 0.355 e. The zero-order valence-electron chi connectivity index (χ0n) is 22.4. The molecule has 1 aromatic heterocycles. The minimum Gasteiger partial charge on any atom is -0.355 e. The summed E-state index contributed by atoms with van der Waals surface area (Å²) in [6.07, 6.45) is 4.29. The van der Waals surface area contributed by atoms with E-state index in [2.05, 4.69) is 22.6 Å². The van der Waals surface area contributed by atoms with E-state index in [0.29, 0.717) is 29.8 Å². The predicted molar refractivity (Wildman–Crippen MR) is 147 cm³/mol. The minimum atomic E-state index is -3.88. The van der Waals surface area contributed by atoms with Crippen LogP contribution in [0.4, 0.5) is 5.69 Å². The molecule has 1 saturated heterocycles. The van der Waals surface area contributed by atoms with Crippen LogP contribution in [-0.4, -0.2) is 42.7 Å². The molecule has 1 N–H and O–H groups in total. The number of carbonyl (C=O) groups excluding carboxylic acids is 2. The summed E-state index contributed by atoms with van der Waals surface area (Å²) in [5.41, 5.74) is 5.72. The van der Waals surface area contributed by atoms with Gasteiger partial charge in [-0.1, -0.05) is 41.1 Å². The van der Waals surface area contributed by atoms with Gasteiger partial charge < -0.3 is 9.84 Å². The van der Waals surface area contributed by atoms with Gasteiger partial charge in [0.25, 0.3) is 0 Å². The number of amides is 1. The lowest BCUT2D eigenvalue weighted by atomic mass is 9.97. The number of benzene rings is 2. The average molecular weight is 536 g/mol. The van der Waals surface area contributed by atoms with Crippen LogP contribution < -0.4 is 5.32 Å². The van der Waals surface area contributed by atoms with Crippen molar-refractivity contribution in [1.82, 2.24) is 9.46 Å². The summed E-state index contributed by atoms with van der Waals surface area (Å²) in [4.78, 5) is 24.5. The molecule has 0 spiro atoms. The predicted octanol–water partition coefficient (Wildman–Crippen LogP) is 5.32. The van der Waals surface area contributed by atoms with E-state index < -0.39 is 10.0 Å². The molecule has 200 valence electrons. The van der Waals surface area contributed by atoms with E-state index in [1.165, 1.54) is 11.2 Å². The number of hydrogen-bond acceptors (Lipinski definition) is 6. The number of aromatic nitrogens is 1. The molecule has 3 aromatic rings. The highest BCUT2D eigenvalue weighted by molar-refractivity contribution is 7.89. The Balaban J connectivity index is 1.47. The van der Waals surface area contributed by atoms with Crippen molar-refractivity contribution in [3.8, 4) is 0 Å². The molecule has 0 radical (unpaired) electrons. The molecular formula is C29H33N3O5S. The zero-order valence-corrected chi connectivity index (χ0v) is 23.2. The lowest BCUT2D eigenvalue weighted by Crippen LogP contribution is -2.41. The molecule has 4 rings (SSSR count). The molecule has 1 aliphatic heterocycles. The summed E-state index contributed by atoms with van der Waals surface area (Å²) in [7, 11) is -3.88. The normalized spacial score (nSPS) is 15.2. The second-order valence-corrected chi connectivity index (χ2v) is 11.8. The molecule has 1 amide bonds. The smallest absolute Gasteiger partial charge is 0.248 e. The molecule has 2 aromatic carbocycles. The number of rotatable bonds is 7. The number of hydrogen-bond donors (Lipinski definition) is 1. The molecule has 0 bridgehead atoms. The van der Waals surface area contributed by atoms with E-state index in [4.69, 9.17) is 4.52 Å². The van der Waals surface area contributed by atoms with Crippen molar-refractivity contribution in [3.05, 3.63) is 75.7 Å². The minimum absolute atomic E-state index is 0.0557. The van der Waals surface area contributed by atoms with Gasteiger partial charge in [0.1, 0.15) is 5.69 Å². The van der Waals surface area contributed by atoms with E-state index in [1.54, 1.807) is 37.3 Å². The van der Waals surface area contributed by atoms with Crippen molar-refractivity contribution >= 4 is 39.6 Å². The van der Waals surface area contributed by atoms with Gasteiger partial charge in [-0.15, -0.1) is 0 Å². The Kier molecular flexibility index (Phi) is 7.99. The Morgan fingerprint density at radius 2 is 1.68 bits per heavy atom. The summed E-state index contributed by atoms with van der Waals surface area (Å²) in [5, 5.41) is 6.80. The number of anilines is 1. The standard InChI is InChI=1S/C29H33N3O5S/c1-18-15-19(2)26(20(3)16-18)9-10-27-28(21(4)31-37-27)38(35,36)32-13-11-23(12-14-32)29(34)30-25-8-6-7-24(17-25)22(5)33/h6-10,15-17,23H,11-14H2,1-5H3,(H,30,34)/b10-9+. The van der Waals surface area contributed by atoms with Crippen LogP contribution >= 0.6 is 0 Å². The number of piperidine rings is 1. The Hall–Kier alpha value is -3.56. The topological polar surface area (TPSA) is 110 Å². The maximum Gasteiger partial charge on any atom is 0.248 e. The molecule has 1 aliphatic rings. The van der Waals surface area contributed by atoms with E-state index >= 15 is 0 Å². The first-order chi connectivity index (χ1) is 18.0. The first kappa shape index (κ1) is 27.5. The van der Waals surface area contributed by atoms with Crippen LogP contribution in [0.5, 0.6) is 0 Å². The first-order valence-corrected chi connectivity index (χ1v) is 14.1. The van der Waals surface area contributed by atoms with Crippen LogP contribution in [-0.2, 0) is 14.8 Å². The monoisotopic (exact) mass is 535 g/mol. The Labute approximate surface area is 223 Å². The second kappa shape index (κ2) is 11.0. The molecule has 0 aliphatic carbocycles. The van der Waals surface area contributed by atoms with Crippen LogP contribution in [0.15, 0.2) is 45.8 Å². The van der Waals surface area contributed by atoms with Gasteiger partial charge in [-0.2, -0.15) is 4.31 Å². The van der Waals surface area contributed by atoms with Crippen LogP contribution in [0.25, 0.3) is 12.2 Å². The van der Waals surface area contributed by atoms with Crippen molar-refractivity contribution in [1.29, 1.82) is 0 Å². The molecule has 0 unspecified atom stereocenters. The average Bonchev–Trinajstić information content (AvgIpc) is 3.24. The van der Waals surface area contributed by atoms with Crippen LogP contribution in [0.1, 0.15) is 63.8 Å². The molecular weight excluding hydrogens is 502 g/mol. The number of aryl methyl sites for hydroxylation is 4. The summed E-state index contributed by atoms with van der Waals surface area (Å²) in [6.45, 7) is 9.57. The second-order valence-electron chi connectivity index (χ2n) is 9.91.